The number of hydrogen-bond acceptors (Lipinski definition) is 2. The number of carbonyl (C=O) groups is 1. The quantitative estimate of drug-likeness (QED) is 0.271. The predicted octanol–water partition coefficient (Wildman–Crippen LogP) is 2.73. The third-order valence-electron chi connectivity index (χ3n) is 2.84. The molecule has 1 amide bonds. The van der Waals surface area contributed by atoms with Crippen LogP contribution >= 0.6 is 24.0 Å². The van der Waals surface area contributed by atoms with Crippen LogP contribution in [0.2, 0.25) is 0 Å². The highest BCUT2D eigenvalue weighted by Gasteiger charge is 2.01. The van der Waals surface area contributed by atoms with Crippen molar-refractivity contribution in [3.8, 4) is 12.3 Å². The number of amides is 1. The first-order valence-corrected chi connectivity index (χ1v) is 7.54. The van der Waals surface area contributed by atoms with Crippen LogP contribution in [0.5, 0.6) is 0 Å². The minimum atomic E-state index is 0. The van der Waals surface area contributed by atoms with Gasteiger partial charge in [0, 0.05) is 18.7 Å². The first-order chi connectivity index (χ1) is 10.7. The Morgan fingerprint density at radius 3 is 2.48 bits per heavy atom. The van der Waals surface area contributed by atoms with Gasteiger partial charge in [-0.05, 0) is 31.0 Å². The fraction of sp³-hybridized carbons (Fsp3) is 0.412. The Kier molecular flexibility index (Phi) is 11.8. The number of terminal acetylenes is 1. The molecule has 5 nitrogen and oxygen atoms in total. The molecule has 23 heavy (non-hydrogen) atoms. The standard InChI is InChI=1S/C17H24N4O.HI/c1-4-7-16(22)21-15-10-8-14(9-11-15)13-20-17(18-6-3)19-12-5-2;/h2,8-11H,4,6-7,12-13H2,1,3H3,(H,21,22)(H2,18,19,20);1H. The fourth-order valence-corrected chi connectivity index (χ4v) is 1.79. The number of hydrogen-bond donors (Lipinski definition) is 3. The molecule has 126 valence electrons. The van der Waals surface area contributed by atoms with Gasteiger partial charge in [0.25, 0.3) is 0 Å². The molecule has 0 aromatic heterocycles. The second-order valence-electron chi connectivity index (χ2n) is 4.75. The number of aliphatic imine (C=N–C) groups is 1. The molecule has 0 aliphatic heterocycles. The maximum absolute atomic E-state index is 11.5. The molecule has 3 N–H and O–H groups in total. The molecule has 0 aliphatic rings. The van der Waals surface area contributed by atoms with Gasteiger partial charge in [0.2, 0.25) is 5.91 Å². The Morgan fingerprint density at radius 2 is 1.91 bits per heavy atom. The third-order valence-corrected chi connectivity index (χ3v) is 2.84. The lowest BCUT2D eigenvalue weighted by Crippen LogP contribution is -2.37. The van der Waals surface area contributed by atoms with Crippen molar-refractivity contribution in [3.05, 3.63) is 29.8 Å². The molecule has 0 spiro atoms. The Balaban J connectivity index is 0.00000484. The summed E-state index contributed by atoms with van der Waals surface area (Å²) in [5, 5.41) is 9.02. The highest BCUT2D eigenvalue weighted by Crippen LogP contribution is 2.11. The maximum Gasteiger partial charge on any atom is 0.224 e. The van der Waals surface area contributed by atoms with Gasteiger partial charge in [-0.3, -0.25) is 4.79 Å². The van der Waals surface area contributed by atoms with Crippen molar-refractivity contribution < 1.29 is 4.79 Å². The van der Waals surface area contributed by atoms with Crippen molar-refractivity contribution in [2.24, 2.45) is 4.99 Å². The van der Waals surface area contributed by atoms with E-state index in [1.165, 1.54) is 0 Å². The zero-order valence-corrected chi connectivity index (χ0v) is 16.0. The van der Waals surface area contributed by atoms with Crippen molar-refractivity contribution >= 4 is 41.5 Å². The van der Waals surface area contributed by atoms with Crippen LogP contribution in [0.1, 0.15) is 32.3 Å². The second-order valence-corrected chi connectivity index (χ2v) is 4.75. The number of halogens is 1. The van der Waals surface area contributed by atoms with E-state index in [9.17, 15) is 4.79 Å². The molecular weight excluding hydrogens is 403 g/mol. The van der Waals surface area contributed by atoms with E-state index in [2.05, 4.69) is 26.9 Å². The molecule has 0 fully saturated rings. The topological polar surface area (TPSA) is 65.5 Å². The molecule has 0 atom stereocenters. The van der Waals surface area contributed by atoms with Crippen LogP contribution in [0.15, 0.2) is 29.3 Å². The number of benzene rings is 1. The monoisotopic (exact) mass is 428 g/mol. The van der Waals surface area contributed by atoms with Crippen LogP contribution in [0, 0.1) is 12.3 Å². The molecule has 0 aliphatic carbocycles. The van der Waals surface area contributed by atoms with E-state index in [1.807, 2.05) is 38.1 Å². The lowest BCUT2D eigenvalue weighted by atomic mass is 10.2. The number of carbonyl (C=O) groups excluding carboxylic acids is 1. The van der Waals surface area contributed by atoms with Crippen molar-refractivity contribution in [2.75, 3.05) is 18.4 Å². The first kappa shape index (κ1) is 21.2. The summed E-state index contributed by atoms with van der Waals surface area (Å²) < 4.78 is 0. The minimum Gasteiger partial charge on any atom is -0.357 e. The first-order valence-electron chi connectivity index (χ1n) is 7.54. The van der Waals surface area contributed by atoms with Crippen LogP contribution in [0.3, 0.4) is 0 Å². The van der Waals surface area contributed by atoms with Gasteiger partial charge in [-0.1, -0.05) is 25.0 Å². The molecule has 0 radical (unpaired) electrons. The largest absolute Gasteiger partial charge is 0.357 e. The number of anilines is 1. The summed E-state index contributed by atoms with van der Waals surface area (Å²) in [6.07, 6.45) is 6.61. The summed E-state index contributed by atoms with van der Waals surface area (Å²) in [6.45, 7) is 5.74. The molecule has 1 rings (SSSR count). The van der Waals surface area contributed by atoms with Crippen molar-refractivity contribution in [1.82, 2.24) is 10.6 Å². The maximum atomic E-state index is 11.5. The van der Waals surface area contributed by atoms with E-state index in [4.69, 9.17) is 6.42 Å². The van der Waals surface area contributed by atoms with Crippen molar-refractivity contribution in [3.63, 3.8) is 0 Å². The van der Waals surface area contributed by atoms with Gasteiger partial charge in [0.15, 0.2) is 5.96 Å². The molecular formula is C17H25IN4O. The number of rotatable bonds is 7. The van der Waals surface area contributed by atoms with E-state index in [0.29, 0.717) is 25.5 Å². The van der Waals surface area contributed by atoms with E-state index in [1.54, 1.807) is 0 Å². The molecule has 1 aromatic carbocycles. The summed E-state index contributed by atoms with van der Waals surface area (Å²) in [7, 11) is 0. The fourth-order valence-electron chi connectivity index (χ4n) is 1.79. The van der Waals surface area contributed by atoms with Crippen LogP contribution in [-0.2, 0) is 11.3 Å². The van der Waals surface area contributed by atoms with Gasteiger partial charge in [-0.2, -0.15) is 0 Å². The summed E-state index contributed by atoms with van der Waals surface area (Å²) >= 11 is 0. The lowest BCUT2D eigenvalue weighted by Gasteiger charge is -2.09. The summed E-state index contributed by atoms with van der Waals surface area (Å²) in [5.41, 5.74) is 1.87. The lowest BCUT2D eigenvalue weighted by molar-refractivity contribution is -0.116. The van der Waals surface area contributed by atoms with E-state index in [0.717, 1.165) is 24.2 Å². The average Bonchev–Trinajstić information content (AvgIpc) is 2.51. The number of nitrogens with zero attached hydrogens (tertiary/aromatic N) is 1. The zero-order chi connectivity index (χ0) is 16.2. The van der Waals surface area contributed by atoms with Crippen LogP contribution in [0.25, 0.3) is 0 Å². The molecule has 0 heterocycles. The Hall–Kier alpha value is -1.75. The summed E-state index contributed by atoms with van der Waals surface area (Å²) in [6, 6.07) is 7.69. The second kappa shape index (κ2) is 12.8. The normalized spacial score (nSPS) is 10.2. The van der Waals surface area contributed by atoms with Gasteiger partial charge in [-0.25, -0.2) is 4.99 Å². The zero-order valence-electron chi connectivity index (χ0n) is 13.7. The highest BCUT2D eigenvalue weighted by molar-refractivity contribution is 14.0. The van der Waals surface area contributed by atoms with Crippen molar-refractivity contribution in [2.45, 2.75) is 33.2 Å². The minimum absolute atomic E-state index is 0. The van der Waals surface area contributed by atoms with Gasteiger partial charge < -0.3 is 16.0 Å². The molecule has 0 saturated carbocycles. The predicted molar refractivity (Wildman–Crippen MR) is 107 cm³/mol. The van der Waals surface area contributed by atoms with Gasteiger partial charge in [0.05, 0.1) is 13.1 Å². The van der Waals surface area contributed by atoms with Crippen LogP contribution in [0.4, 0.5) is 5.69 Å². The van der Waals surface area contributed by atoms with Gasteiger partial charge in [0.1, 0.15) is 0 Å². The Morgan fingerprint density at radius 1 is 1.22 bits per heavy atom. The number of guanidine groups is 1. The molecule has 6 heteroatoms. The highest BCUT2D eigenvalue weighted by atomic mass is 127. The Bertz CT molecular complexity index is 535. The van der Waals surface area contributed by atoms with Crippen molar-refractivity contribution in [1.29, 1.82) is 0 Å². The van der Waals surface area contributed by atoms with Gasteiger partial charge in [-0.15, -0.1) is 30.4 Å². The molecule has 0 unspecified atom stereocenters. The smallest absolute Gasteiger partial charge is 0.224 e. The van der Waals surface area contributed by atoms with E-state index < -0.39 is 0 Å². The van der Waals surface area contributed by atoms with E-state index >= 15 is 0 Å². The Labute approximate surface area is 155 Å². The van der Waals surface area contributed by atoms with Crippen LogP contribution in [-0.4, -0.2) is 25.0 Å². The molecule has 1 aromatic rings. The summed E-state index contributed by atoms with van der Waals surface area (Å²) in [5.74, 6) is 3.26. The third kappa shape index (κ3) is 9.08. The molecule has 0 bridgehead atoms. The summed E-state index contributed by atoms with van der Waals surface area (Å²) in [4.78, 5) is 16.0. The average molecular weight is 428 g/mol. The van der Waals surface area contributed by atoms with Gasteiger partial charge >= 0.3 is 0 Å². The molecule has 0 saturated heterocycles. The number of nitrogens with one attached hydrogen (secondary N) is 3. The SMILES string of the molecule is C#CCNC(=NCc1ccc(NC(=O)CCC)cc1)NCC.I. The van der Waals surface area contributed by atoms with Crippen LogP contribution < -0.4 is 16.0 Å². The van der Waals surface area contributed by atoms with E-state index in [-0.39, 0.29) is 29.9 Å².